The molecule has 0 saturated carbocycles. The minimum absolute atomic E-state index is 0.0460. The zero-order chi connectivity index (χ0) is 17.1. The Kier molecular flexibility index (Phi) is 4.95. The summed E-state index contributed by atoms with van der Waals surface area (Å²) >= 11 is 0. The summed E-state index contributed by atoms with van der Waals surface area (Å²) in [5.74, 6) is 0.0460. The van der Waals surface area contributed by atoms with E-state index in [9.17, 15) is 4.79 Å². The quantitative estimate of drug-likeness (QED) is 0.862. The fraction of sp³-hybridized carbons (Fsp3) is 0.500. The van der Waals surface area contributed by atoms with E-state index in [1.165, 1.54) is 12.8 Å². The maximum absolute atomic E-state index is 12.9. The molecular weight excluding hydrogens is 314 g/mol. The predicted molar refractivity (Wildman–Crippen MR) is 97.7 cm³/mol. The van der Waals surface area contributed by atoms with E-state index < -0.39 is 0 Å². The standard InChI is InChI=1S/C20H25N3O2/c24-20(19-9-8-16-5-1-2-7-18(16)21-19)23-11-4-10-22(12-13-23)15-17-6-3-14-25-17/h1-2,5,7-9,17H,3-4,6,10-15H2. The van der Waals surface area contributed by atoms with Crippen LogP contribution in [0.4, 0.5) is 0 Å². The largest absolute Gasteiger partial charge is 0.377 e. The molecule has 2 aliphatic rings. The smallest absolute Gasteiger partial charge is 0.272 e. The first-order valence-electron chi connectivity index (χ1n) is 9.28. The number of carbonyl (C=O) groups is 1. The molecule has 3 heterocycles. The lowest BCUT2D eigenvalue weighted by atomic mass is 10.2. The Balaban J connectivity index is 1.41. The molecule has 5 heteroatoms. The van der Waals surface area contributed by atoms with Gasteiger partial charge in [0.1, 0.15) is 5.69 Å². The average Bonchev–Trinajstić information content (AvgIpc) is 3.05. The molecule has 0 N–H and O–H groups in total. The first-order chi connectivity index (χ1) is 12.3. The van der Waals surface area contributed by atoms with Gasteiger partial charge in [0.2, 0.25) is 0 Å². The Morgan fingerprint density at radius 3 is 2.88 bits per heavy atom. The Morgan fingerprint density at radius 1 is 1.08 bits per heavy atom. The van der Waals surface area contributed by atoms with Crippen molar-refractivity contribution in [3.8, 4) is 0 Å². The van der Waals surface area contributed by atoms with Crippen molar-refractivity contribution >= 4 is 16.8 Å². The van der Waals surface area contributed by atoms with E-state index in [0.29, 0.717) is 11.8 Å². The normalized spacial score (nSPS) is 22.2. The molecule has 2 aliphatic heterocycles. The molecule has 5 nitrogen and oxygen atoms in total. The van der Waals surface area contributed by atoms with Crippen LogP contribution in [-0.2, 0) is 4.74 Å². The minimum atomic E-state index is 0.0460. The van der Waals surface area contributed by atoms with Gasteiger partial charge in [-0.15, -0.1) is 0 Å². The van der Waals surface area contributed by atoms with Crippen molar-refractivity contribution in [3.05, 3.63) is 42.1 Å². The van der Waals surface area contributed by atoms with Gasteiger partial charge in [-0.1, -0.05) is 24.3 Å². The highest BCUT2D eigenvalue weighted by Gasteiger charge is 2.24. The minimum Gasteiger partial charge on any atom is -0.377 e. The number of carbonyl (C=O) groups excluding carboxylic acids is 1. The van der Waals surface area contributed by atoms with E-state index >= 15 is 0 Å². The van der Waals surface area contributed by atoms with Crippen LogP contribution in [0.15, 0.2) is 36.4 Å². The van der Waals surface area contributed by atoms with Crippen LogP contribution < -0.4 is 0 Å². The van der Waals surface area contributed by atoms with E-state index in [2.05, 4.69) is 9.88 Å². The number of fused-ring (bicyclic) bond motifs is 1. The Labute approximate surface area is 148 Å². The molecule has 0 aliphatic carbocycles. The zero-order valence-electron chi connectivity index (χ0n) is 14.6. The van der Waals surface area contributed by atoms with Crippen molar-refractivity contribution in [1.29, 1.82) is 0 Å². The lowest BCUT2D eigenvalue weighted by molar-refractivity contribution is 0.0701. The van der Waals surface area contributed by atoms with Crippen molar-refractivity contribution in [2.75, 3.05) is 39.3 Å². The molecule has 0 radical (unpaired) electrons. The van der Waals surface area contributed by atoms with Crippen LogP contribution in [0.2, 0.25) is 0 Å². The Hall–Kier alpha value is -1.98. The highest BCUT2D eigenvalue weighted by Crippen LogP contribution is 2.16. The highest BCUT2D eigenvalue weighted by atomic mass is 16.5. The lowest BCUT2D eigenvalue weighted by Crippen LogP contribution is -2.37. The molecular formula is C20H25N3O2. The summed E-state index contributed by atoms with van der Waals surface area (Å²) in [6.45, 7) is 5.41. The number of hydrogen-bond donors (Lipinski definition) is 0. The van der Waals surface area contributed by atoms with E-state index in [1.54, 1.807) is 0 Å². The molecule has 0 bridgehead atoms. The molecule has 0 spiro atoms. The molecule has 1 aromatic carbocycles. The van der Waals surface area contributed by atoms with Gasteiger partial charge in [-0.2, -0.15) is 0 Å². The molecule has 132 valence electrons. The predicted octanol–water partition coefficient (Wildman–Crippen LogP) is 2.56. The summed E-state index contributed by atoms with van der Waals surface area (Å²) in [5, 5.41) is 1.07. The van der Waals surface area contributed by atoms with Gasteiger partial charge < -0.3 is 9.64 Å². The molecule has 1 aromatic heterocycles. The summed E-state index contributed by atoms with van der Waals surface area (Å²) in [5.41, 5.74) is 1.43. The third kappa shape index (κ3) is 3.83. The summed E-state index contributed by atoms with van der Waals surface area (Å²) in [6, 6.07) is 11.8. The molecule has 4 rings (SSSR count). The van der Waals surface area contributed by atoms with Crippen LogP contribution in [-0.4, -0.2) is 66.1 Å². The molecule has 1 unspecified atom stereocenters. The van der Waals surface area contributed by atoms with Crippen molar-refractivity contribution in [2.24, 2.45) is 0 Å². The van der Waals surface area contributed by atoms with Gasteiger partial charge in [-0.25, -0.2) is 4.98 Å². The number of para-hydroxylation sites is 1. The third-order valence-corrected chi connectivity index (χ3v) is 5.18. The lowest BCUT2D eigenvalue weighted by Gasteiger charge is -2.24. The monoisotopic (exact) mass is 339 g/mol. The summed E-state index contributed by atoms with van der Waals surface area (Å²) < 4.78 is 5.75. The topological polar surface area (TPSA) is 45.7 Å². The first-order valence-corrected chi connectivity index (χ1v) is 9.28. The van der Waals surface area contributed by atoms with E-state index in [1.807, 2.05) is 41.3 Å². The molecule has 2 saturated heterocycles. The van der Waals surface area contributed by atoms with Gasteiger partial charge in [0.25, 0.3) is 5.91 Å². The maximum atomic E-state index is 12.9. The second-order valence-corrected chi connectivity index (χ2v) is 6.97. The van der Waals surface area contributed by atoms with Crippen LogP contribution >= 0.6 is 0 Å². The number of ether oxygens (including phenoxy) is 1. The summed E-state index contributed by atoms with van der Waals surface area (Å²) in [6.07, 6.45) is 3.73. The van der Waals surface area contributed by atoms with Crippen LogP contribution in [0.25, 0.3) is 10.9 Å². The number of benzene rings is 1. The average molecular weight is 339 g/mol. The number of nitrogens with zero attached hydrogens (tertiary/aromatic N) is 3. The molecule has 1 amide bonds. The zero-order valence-corrected chi connectivity index (χ0v) is 14.6. The van der Waals surface area contributed by atoms with Gasteiger partial charge in [0.15, 0.2) is 0 Å². The van der Waals surface area contributed by atoms with Crippen LogP contribution in [0.1, 0.15) is 29.8 Å². The number of pyridine rings is 1. The van der Waals surface area contributed by atoms with Gasteiger partial charge in [0, 0.05) is 38.2 Å². The Bertz CT molecular complexity index is 743. The van der Waals surface area contributed by atoms with Crippen molar-refractivity contribution < 1.29 is 9.53 Å². The first kappa shape index (κ1) is 16.5. The molecule has 1 atom stereocenters. The van der Waals surface area contributed by atoms with Gasteiger partial charge >= 0.3 is 0 Å². The van der Waals surface area contributed by atoms with Crippen LogP contribution in [0.3, 0.4) is 0 Å². The fourth-order valence-corrected chi connectivity index (χ4v) is 3.78. The number of rotatable bonds is 3. The third-order valence-electron chi connectivity index (χ3n) is 5.18. The SMILES string of the molecule is O=C(c1ccc2ccccc2n1)N1CCCN(CC2CCCO2)CC1. The van der Waals surface area contributed by atoms with Crippen LogP contribution in [0.5, 0.6) is 0 Å². The number of amides is 1. The second kappa shape index (κ2) is 7.50. The molecule has 25 heavy (non-hydrogen) atoms. The van der Waals surface area contributed by atoms with E-state index in [0.717, 1.165) is 56.7 Å². The van der Waals surface area contributed by atoms with E-state index in [-0.39, 0.29) is 5.91 Å². The maximum Gasteiger partial charge on any atom is 0.272 e. The molecule has 2 aromatic rings. The van der Waals surface area contributed by atoms with Gasteiger partial charge in [0.05, 0.1) is 11.6 Å². The van der Waals surface area contributed by atoms with Gasteiger partial charge in [-0.05, 0) is 37.9 Å². The Morgan fingerprint density at radius 2 is 2.00 bits per heavy atom. The van der Waals surface area contributed by atoms with E-state index in [4.69, 9.17) is 4.74 Å². The fourth-order valence-electron chi connectivity index (χ4n) is 3.78. The van der Waals surface area contributed by atoms with Crippen LogP contribution in [0, 0.1) is 0 Å². The van der Waals surface area contributed by atoms with Gasteiger partial charge in [-0.3, -0.25) is 9.69 Å². The second-order valence-electron chi connectivity index (χ2n) is 6.97. The number of aromatic nitrogens is 1. The van der Waals surface area contributed by atoms with Crippen molar-refractivity contribution in [1.82, 2.24) is 14.8 Å². The van der Waals surface area contributed by atoms with Crippen molar-refractivity contribution in [3.63, 3.8) is 0 Å². The number of hydrogen-bond acceptors (Lipinski definition) is 4. The summed E-state index contributed by atoms with van der Waals surface area (Å²) in [7, 11) is 0. The molecule has 2 fully saturated rings. The van der Waals surface area contributed by atoms with Crippen molar-refractivity contribution in [2.45, 2.75) is 25.4 Å². The highest BCUT2D eigenvalue weighted by molar-refractivity contribution is 5.94. The summed E-state index contributed by atoms with van der Waals surface area (Å²) in [4.78, 5) is 21.8.